The molecule has 2 amide bonds. The molecule has 1 aliphatic heterocycles. The molecule has 1 aromatic rings. The second kappa shape index (κ2) is 5.33. The van der Waals surface area contributed by atoms with E-state index in [-0.39, 0.29) is 11.8 Å². The Morgan fingerprint density at radius 3 is 2.63 bits per heavy atom. The molecule has 102 valence electrons. The first-order valence-electron chi connectivity index (χ1n) is 6.35. The van der Waals surface area contributed by atoms with E-state index in [4.69, 9.17) is 0 Å². The third-order valence-corrected chi connectivity index (χ3v) is 3.88. The number of aryl methyl sites for hydroxylation is 1. The molecular weight excluding hydrogens is 308 g/mol. The van der Waals surface area contributed by atoms with E-state index >= 15 is 0 Å². The highest BCUT2D eigenvalue weighted by molar-refractivity contribution is 9.10. The molecule has 19 heavy (non-hydrogen) atoms. The van der Waals surface area contributed by atoms with Crippen LogP contribution in [-0.2, 0) is 9.59 Å². The SMILES string of the molecule is CCC1C(=O)NC(C)C(=O)N1c1ccc(Br)cc1C. The summed E-state index contributed by atoms with van der Waals surface area (Å²) in [6.07, 6.45) is 0.597. The van der Waals surface area contributed by atoms with Crippen LogP contribution in [0.4, 0.5) is 5.69 Å². The summed E-state index contributed by atoms with van der Waals surface area (Å²) in [5.41, 5.74) is 1.78. The highest BCUT2D eigenvalue weighted by atomic mass is 79.9. The summed E-state index contributed by atoms with van der Waals surface area (Å²) in [5, 5.41) is 2.72. The number of carbonyl (C=O) groups excluding carboxylic acids is 2. The molecule has 1 aromatic carbocycles. The Morgan fingerprint density at radius 1 is 1.37 bits per heavy atom. The second-order valence-corrected chi connectivity index (χ2v) is 5.71. The van der Waals surface area contributed by atoms with Crippen molar-refractivity contribution in [2.75, 3.05) is 4.90 Å². The Morgan fingerprint density at radius 2 is 2.05 bits per heavy atom. The molecule has 2 unspecified atom stereocenters. The monoisotopic (exact) mass is 324 g/mol. The summed E-state index contributed by atoms with van der Waals surface area (Å²) in [5.74, 6) is -0.145. The molecule has 1 heterocycles. The third kappa shape index (κ3) is 2.52. The Hall–Kier alpha value is -1.36. The summed E-state index contributed by atoms with van der Waals surface area (Å²) in [6.45, 7) is 5.57. The highest BCUT2D eigenvalue weighted by Gasteiger charge is 2.38. The van der Waals surface area contributed by atoms with Gasteiger partial charge in [-0.1, -0.05) is 22.9 Å². The molecule has 0 saturated carbocycles. The van der Waals surface area contributed by atoms with Gasteiger partial charge in [-0.3, -0.25) is 14.5 Å². The third-order valence-electron chi connectivity index (χ3n) is 3.39. The average molecular weight is 325 g/mol. The maximum atomic E-state index is 12.4. The molecule has 0 spiro atoms. The van der Waals surface area contributed by atoms with Crippen LogP contribution < -0.4 is 10.2 Å². The number of halogens is 1. The summed E-state index contributed by atoms with van der Waals surface area (Å²) in [7, 11) is 0. The van der Waals surface area contributed by atoms with Crippen molar-refractivity contribution in [3.05, 3.63) is 28.2 Å². The number of carbonyl (C=O) groups is 2. The molecule has 1 fully saturated rings. The largest absolute Gasteiger partial charge is 0.343 e. The van der Waals surface area contributed by atoms with Crippen molar-refractivity contribution in [1.29, 1.82) is 0 Å². The lowest BCUT2D eigenvalue weighted by molar-refractivity contribution is -0.133. The minimum Gasteiger partial charge on any atom is -0.343 e. The van der Waals surface area contributed by atoms with Gasteiger partial charge in [0, 0.05) is 10.2 Å². The molecule has 2 atom stereocenters. The van der Waals surface area contributed by atoms with Gasteiger partial charge in [0.25, 0.3) is 0 Å². The number of nitrogens with zero attached hydrogens (tertiary/aromatic N) is 1. The molecular formula is C14H17BrN2O2. The van der Waals surface area contributed by atoms with E-state index in [0.717, 1.165) is 15.7 Å². The fraction of sp³-hybridized carbons (Fsp3) is 0.429. The summed E-state index contributed by atoms with van der Waals surface area (Å²) < 4.78 is 0.962. The first kappa shape index (κ1) is 14.1. The number of benzene rings is 1. The molecule has 0 bridgehead atoms. The van der Waals surface area contributed by atoms with E-state index in [0.29, 0.717) is 6.42 Å². The van der Waals surface area contributed by atoms with E-state index in [9.17, 15) is 9.59 Å². The minimum atomic E-state index is -0.474. The molecule has 0 aromatic heterocycles. The predicted octanol–water partition coefficient (Wildman–Crippen LogP) is 2.39. The maximum Gasteiger partial charge on any atom is 0.250 e. The van der Waals surface area contributed by atoms with E-state index in [1.807, 2.05) is 32.0 Å². The molecule has 1 N–H and O–H groups in total. The molecule has 2 rings (SSSR count). The lowest BCUT2D eigenvalue weighted by Crippen LogP contribution is -2.62. The minimum absolute atomic E-state index is 0.0585. The van der Waals surface area contributed by atoms with Gasteiger partial charge in [0.1, 0.15) is 12.1 Å². The van der Waals surface area contributed by atoms with Crippen LogP contribution in [0.25, 0.3) is 0 Å². The van der Waals surface area contributed by atoms with E-state index < -0.39 is 12.1 Å². The predicted molar refractivity (Wildman–Crippen MR) is 78.0 cm³/mol. The molecule has 4 nitrogen and oxygen atoms in total. The zero-order chi connectivity index (χ0) is 14.2. The highest BCUT2D eigenvalue weighted by Crippen LogP contribution is 2.28. The molecule has 0 radical (unpaired) electrons. The lowest BCUT2D eigenvalue weighted by Gasteiger charge is -2.38. The van der Waals surface area contributed by atoms with Gasteiger partial charge in [0.2, 0.25) is 11.8 Å². The standard InChI is InChI=1S/C14H17BrN2O2/c1-4-11-13(18)16-9(3)14(19)17(11)12-6-5-10(15)7-8(12)2/h5-7,9,11H,4H2,1-3H3,(H,16,18). The van der Waals surface area contributed by atoms with Gasteiger partial charge >= 0.3 is 0 Å². The van der Waals surface area contributed by atoms with Crippen molar-refractivity contribution in [3.63, 3.8) is 0 Å². The van der Waals surface area contributed by atoms with Gasteiger partial charge in [-0.2, -0.15) is 0 Å². The van der Waals surface area contributed by atoms with Crippen LogP contribution in [0.3, 0.4) is 0 Å². The number of amides is 2. The van der Waals surface area contributed by atoms with Crippen LogP contribution in [0.5, 0.6) is 0 Å². The smallest absolute Gasteiger partial charge is 0.250 e. The maximum absolute atomic E-state index is 12.4. The van der Waals surface area contributed by atoms with Crippen molar-refractivity contribution < 1.29 is 9.59 Å². The number of nitrogens with one attached hydrogen (secondary N) is 1. The number of hydrogen-bond donors (Lipinski definition) is 1. The van der Waals surface area contributed by atoms with Crippen molar-refractivity contribution in [1.82, 2.24) is 5.32 Å². The van der Waals surface area contributed by atoms with Crippen LogP contribution in [0.2, 0.25) is 0 Å². The molecule has 5 heteroatoms. The first-order chi connectivity index (χ1) is 8.95. The van der Waals surface area contributed by atoms with Gasteiger partial charge in [0.15, 0.2) is 0 Å². The summed E-state index contributed by atoms with van der Waals surface area (Å²) >= 11 is 3.41. The normalized spacial score (nSPS) is 23.5. The van der Waals surface area contributed by atoms with Crippen LogP contribution in [0.1, 0.15) is 25.8 Å². The Balaban J connectivity index is 2.48. The molecule has 0 aliphatic carbocycles. The van der Waals surface area contributed by atoms with E-state index in [2.05, 4.69) is 21.2 Å². The lowest BCUT2D eigenvalue weighted by atomic mass is 10.0. The van der Waals surface area contributed by atoms with Gasteiger partial charge < -0.3 is 5.32 Å². The van der Waals surface area contributed by atoms with Gasteiger partial charge in [-0.15, -0.1) is 0 Å². The van der Waals surface area contributed by atoms with Crippen LogP contribution in [0, 0.1) is 6.92 Å². The van der Waals surface area contributed by atoms with E-state index in [1.165, 1.54) is 0 Å². The Labute approximate surface area is 121 Å². The van der Waals surface area contributed by atoms with Crippen molar-refractivity contribution in [3.8, 4) is 0 Å². The number of hydrogen-bond acceptors (Lipinski definition) is 2. The summed E-state index contributed by atoms with van der Waals surface area (Å²) in [4.78, 5) is 26.0. The second-order valence-electron chi connectivity index (χ2n) is 4.79. The van der Waals surface area contributed by atoms with Crippen LogP contribution in [-0.4, -0.2) is 23.9 Å². The molecule has 1 saturated heterocycles. The topological polar surface area (TPSA) is 49.4 Å². The Bertz CT molecular complexity index is 530. The van der Waals surface area contributed by atoms with Crippen LogP contribution >= 0.6 is 15.9 Å². The fourth-order valence-electron chi connectivity index (χ4n) is 2.39. The van der Waals surface area contributed by atoms with E-state index in [1.54, 1.807) is 11.8 Å². The van der Waals surface area contributed by atoms with Gasteiger partial charge in [0.05, 0.1) is 0 Å². The number of rotatable bonds is 2. The zero-order valence-corrected chi connectivity index (χ0v) is 12.8. The number of anilines is 1. The summed E-state index contributed by atoms with van der Waals surface area (Å²) in [6, 6.07) is 4.82. The fourth-order valence-corrected chi connectivity index (χ4v) is 2.87. The first-order valence-corrected chi connectivity index (χ1v) is 7.14. The van der Waals surface area contributed by atoms with Crippen molar-refractivity contribution >= 4 is 33.4 Å². The van der Waals surface area contributed by atoms with Gasteiger partial charge in [-0.05, 0) is 44.0 Å². The average Bonchev–Trinajstić information content (AvgIpc) is 2.34. The van der Waals surface area contributed by atoms with Gasteiger partial charge in [-0.25, -0.2) is 0 Å². The molecule has 1 aliphatic rings. The number of piperazine rings is 1. The zero-order valence-electron chi connectivity index (χ0n) is 11.2. The van der Waals surface area contributed by atoms with Crippen molar-refractivity contribution in [2.24, 2.45) is 0 Å². The van der Waals surface area contributed by atoms with Crippen LogP contribution in [0.15, 0.2) is 22.7 Å². The quantitative estimate of drug-likeness (QED) is 0.908. The Kier molecular flexibility index (Phi) is 3.94. The van der Waals surface area contributed by atoms with Crippen molar-refractivity contribution in [2.45, 2.75) is 39.3 Å².